The molecule has 0 spiro atoms. The molecule has 2 aromatic rings. The van der Waals surface area contributed by atoms with Crippen LogP contribution < -0.4 is 4.74 Å². The van der Waals surface area contributed by atoms with Gasteiger partial charge in [-0.05, 0) is 55.0 Å². The molecule has 0 saturated carbocycles. The van der Waals surface area contributed by atoms with E-state index in [9.17, 15) is 4.79 Å². The predicted octanol–water partition coefficient (Wildman–Crippen LogP) is 5.10. The molecular formula is C20H21Cl2NO2. The first-order valence-corrected chi connectivity index (χ1v) is 9.20. The number of carbonyl (C=O) groups is 1. The third-order valence-electron chi connectivity index (χ3n) is 4.76. The number of ether oxygens (including phenoxy) is 1. The average Bonchev–Trinajstić information content (AvgIpc) is 2.63. The monoisotopic (exact) mass is 377 g/mol. The molecule has 1 saturated heterocycles. The number of rotatable bonds is 4. The van der Waals surface area contributed by atoms with Crippen molar-refractivity contribution in [1.82, 2.24) is 4.90 Å². The van der Waals surface area contributed by atoms with E-state index < -0.39 is 0 Å². The molecule has 0 aliphatic carbocycles. The van der Waals surface area contributed by atoms with E-state index >= 15 is 0 Å². The van der Waals surface area contributed by atoms with E-state index in [1.54, 1.807) is 25.3 Å². The van der Waals surface area contributed by atoms with E-state index in [0.717, 1.165) is 38.1 Å². The van der Waals surface area contributed by atoms with Crippen LogP contribution in [0.25, 0.3) is 0 Å². The molecule has 1 aliphatic rings. The first-order chi connectivity index (χ1) is 12.1. The zero-order valence-electron chi connectivity index (χ0n) is 14.2. The summed E-state index contributed by atoms with van der Waals surface area (Å²) >= 11 is 12.3. The number of hydrogen-bond acceptors (Lipinski definition) is 2. The van der Waals surface area contributed by atoms with E-state index in [2.05, 4.69) is 12.1 Å². The SMILES string of the molecule is COc1ccc(CC2CCN(C(=O)c3c(Cl)cccc3Cl)CC2)cc1. The van der Waals surface area contributed by atoms with Gasteiger partial charge in [0.25, 0.3) is 5.91 Å². The van der Waals surface area contributed by atoms with Gasteiger partial charge in [-0.25, -0.2) is 0 Å². The highest BCUT2D eigenvalue weighted by Gasteiger charge is 2.26. The largest absolute Gasteiger partial charge is 0.497 e. The van der Waals surface area contributed by atoms with Crippen LogP contribution in [-0.4, -0.2) is 31.0 Å². The Morgan fingerprint density at radius 1 is 1.08 bits per heavy atom. The first-order valence-electron chi connectivity index (χ1n) is 8.44. The van der Waals surface area contributed by atoms with Gasteiger partial charge in [0, 0.05) is 13.1 Å². The molecule has 0 N–H and O–H groups in total. The van der Waals surface area contributed by atoms with Crippen LogP contribution >= 0.6 is 23.2 Å². The van der Waals surface area contributed by atoms with Crippen molar-refractivity contribution >= 4 is 29.1 Å². The number of amides is 1. The van der Waals surface area contributed by atoms with Gasteiger partial charge in [0.2, 0.25) is 0 Å². The van der Waals surface area contributed by atoms with Crippen molar-refractivity contribution < 1.29 is 9.53 Å². The van der Waals surface area contributed by atoms with Gasteiger partial charge < -0.3 is 9.64 Å². The summed E-state index contributed by atoms with van der Waals surface area (Å²) < 4.78 is 5.20. The Labute approximate surface area is 158 Å². The molecule has 0 radical (unpaired) electrons. The normalized spacial score (nSPS) is 15.2. The van der Waals surface area contributed by atoms with Crippen molar-refractivity contribution in [3.8, 4) is 5.75 Å². The topological polar surface area (TPSA) is 29.5 Å². The Balaban J connectivity index is 1.58. The lowest BCUT2D eigenvalue weighted by atomic mass is 9.90. The van der Waals surface area contributed by atoms with Gasteiger partial charge in [-0.2, -0.15) is 0 Å². The van der Waals surface area contributed by atoms with E-state index in [0.29, 0.717) is 21.5 Å². The quantitative estimate of drug-likeness (QED) is 0.741. The van der Waals surface area contributed by atoms with Crippen molar-refractivity contribution in [3.05, 3.63) is 63.6 Å². The predicted molar refractivity (Wildman–Crippen MR) is 102 cm³/mol. The lowest BCUT2D eigenvalue weighted by molar-refractivity contribution is 0.0691. The molecule has 0 bridgehead atoms. The number of nitrogens with zero attached hydrogens (tertiary/aromatic N) is 1. The minimum absolute atomic E-state index is 0.0708. The van der Waals surface area contributed by atoms with Crippen LogP contribution in [0.15, 0.2) is 42.5 Å². The zero-order chi connectivity index (χ0) is 17.8. The van der Waals surface area contributed by atoms with Gasteiger partial charge in [0.05, 0.1) is 22.7 Å². The molecule has 0 unspecified atom stereocenters. The molecule has 3 nitrogen and oxygen atoms in total. The summed E-state index contributed by atoms with van der Waals surface area (Å²) in [6.07, 6.45) is 3.00. The summed E-state index contributed by atoms with van der Waals surface area (Å²) in [7, 11) is 1.67. The summed E-state index contributed by atoms with van der Waals surface area (Å²) in [4.78, 5) is 14.6. The maximum absolute atomic E-state index is 12.7. The summed E-state index contributed by atoms with van der Waals surface area (Å²) in [6.45, 7) is 1.47. The van der Waals surface area contributed by atoms with Crippen molar-refractivity contribution in [2.24, 2.45) is 5.92 Å². The fourth-order valence-electron chi connectivity index (χ4n) is 3.30. The first kappa shape index (κ1) is 18.1. The lowest BCUT2D eigenvalue weighted by Gasteiger charge is -2.32. The van der Waals surface area contributed by atoms with E-state index in [1.165, 1.54) is 5.56 Å². The minimum atomic E-state index is -0.0708. The van der Waals surface area contributed by atoms with Gasteiger partial charge in [-0.3, -0.25) is 4.79 Å². The fraction of sp³-hybridized carbons (Fsp3) is 0.350. The maximum Gasteiger partial charge on any atom is 0.256 e. The maximum atomic E-state index is 12.7. The summed E-state index contributed by atoms with van der Waals surface area (Å²) in [6, 6.07) is 13.4. The molecule has 132 valence electrons. The highest BCUT2D eigenvalue weighted by Crippen LogP contribution is 2.29. The smallest absolute Gasteiger partial charge is 0.256 e. The Kier molecular flexibility index (Phi) is 5.87. The number of benzene rings is 2. The molecule has 3 rings (SSSR count). The lowest BCUT2D eigenvalue weighted by Crippen LogP contribution is -2.39. The van der Waals surface area contributed by atoms with Gasteiger partial charge in [0.1, 0.15) is 5.75 Å². The second-order valence-corrected chi connectivity index (χ2v) is 7.20. The standard InChI is InChI=1S/C20H21Cl2NO2/c1-25-16-7-5-14(6-8-16)13-15-9-11-23(12-10-15)20(24)19-17(21)3-2-4-18(19)22/h2-8,15H,9-13H2,1H3. The molecule has 0 aromatic heterocycles. The summed E-state index contributed by atoms with van der Waals surface area (Å²) in [5, 5.41) is 0.829. The molecule has 0 atom stereocenters. The molecule has 1 fully saturated rings. The molecule has 2 aromatic carbocycles. The van der Waals surface area contributed by atoms with Gasteiger partial charge >= 0.3 is 0 Å². The van der Waals surface area contributed by atoms with Gasteiger partial charge in [0.15, 0.2) is 0 Å². The van der Waals surface area contributed by atoms with Crippen LogP contribution in [-0.2, 0) is 6.42 Å². The number of methoxy groups -OCH3 is 1. The number of likely N-dealkylation sites (tertiary alicyclic amines) is 1. The van der Waals surface area contributed by atoms with Crippen LogP contribution in [0.2, 0.25) is 10.0 Å². The van der Waals surface area contributed by atoms with Crippen LogP contribution in [0.1, 0.15) is 28.8 Å². The van der Waals surface area contributed by atoms with Crippen LogP contribution in [0.5, 0.6) is 5.75 Å². The highest BCUT2D eigenvalue weighted by atomic mass is 35.5. The van der Waals surface area contributed by atoms with Crippen molar-refractivity contribution in [2.45, 2.75) is 19.3 Å². The fourth-order valence-corrected chi connectivity index (χ4v) is 3.85. The Morgan fingerprint density at radius 3 is 2.24 bits per heavy atom. The number of halogens is 2. The molecule has 1 heterocycles. The zero-order valence-corrected chi connectivity index (χ0v) is 15.7. The summed E-state index contributed by atoms with van der Waals surface area (Å²) in [5.74, 6) is 1.39. The molecule has 1 aliphatic heterocycles. The molecule has 5 heteroatoms. The van der Waals surface area contributed by atoms with E-state index in [1.807, 2.05) is 17.0 Å². The minimum Gasteiger partial charge on any atom is -0.497 e. The molecule has 1 amide bonds. The number of carbonyl (C=O) groups excluding carboxylic acids is 1. The summed E-state index contributed by atoms with van der Waals surface area (Å²) in [5.41, 5.74) is 1.72. The molecular weight excluding hydrogens is 357 g/mol. The number of piperidine rings is 1. The molecule has 25 heavy (non-hydrogen) atoms. The number of hydrogen-bond donors (Lipinski definition) is 0. The second-order valence-electron chi connectivity index (χ2n) is 6.38. The Hall–Kier alpha value is -1.71. The van der Waals surface area contributed by atoms with Gasteiger partial charge in [-0.1, -0.05) is 41.4 Å². The third kappa shape index (κ3) is 4.28. The van der Waals surface area contributed by atoms with Crippen LogP contribution in [0.3, 0.4) is 0 Å². The average molecular weight is 378 g/mol. The van der Waals surface area contributed by atoms with Crippen molar-refractivity contribution in [3.63, 3.8) is 0 Å². The highest BCUT2D eigenvalue weighted by molar-refractivity contribution is 6.39. The van der Waals surface area contributed by atoms with Gasteiger partial charge in [-0.15, -0.1) is 0 Å². The Bertz CT molecular complexity index is 718. The van der Waals surface area contributed by atoms with Crippen LogP contribution in [0, 0.1) is 5.92 Å². The van der Waals surface area contributed by atoms with E-state index in [4.69, 9.17) is 27.9 Å². The Morgan fingerprint density at radius 2 is 1.68 bits per heavy atom. The van der Waals surface area contributed by atoms with Crippen molar-refractivity contribution in [1.29, 1.82) is 0 Å². The second kappa shape index (κ2) is 8.11. The van der Waals surface area contributed by atoms with E-state index in [-0.39, 0.29) is 5.91 Å². The third-order valence-corrected chi connectivity index (χ3v) is 5.39. The van der Waals surface area contributed by atoms with Crippen LogP contribution in [0.4, 0.5) is 0 Å². The van der Waals surface area contributed by atoms with Crippen molar-refractivity contribution in [2.75, 3.05) is 20.2 Å².